The van der Waals surface area contributed by atoms with E-state index in [0.717, 1.165) is 31.9 Å². The van der Waals surface area contributed by atoms with Crippen LogP contribution in [-0.4, -0.2) is 53.3 Å². The fraction of sp³-hybridized carbons (Fsp3) is 1.00. The van der Waals surface area contributed by atoms with E-state index in [1.807, 2.05) is 0 Å². The molecule has 0 radical (unpaired) electrons. The van der Waals surface area contributed by atoms with Crippen molar-refractivity contribution in [2.45, 2.75) is 19.4 Å². The summed E-state index contributed by atoms with van der Waals surface area (Å²) < 4.78 is 10.9. The van der Waals surface area contributed by atoms with Crippen LogP contribution in [0.25, 0.3) is 0 Å². The zero-order valence-electron chi connectivity index (χ0n) is 8.58. The molecule has 1 aliphatic heterocycles. The van der Waals surface area contributed by atoms with E-state index in [1.165, 1.54) is 6.42 Å². The molecule has 78 valence electrons. The first kappa shape index (κ1) is 11.1. The summed E-state index contributed by atoms with van der Waals surface area (Å²) in [6.45, 7) is 6.52. The molecule has 0 aliphatic carbocycles. The molecule has 0 aromatic heterocycles. The Bertz CT molecular complexity index is 175. The maximum absolute atomic E-state index is 10.9. The topological polar surface area (TPSA) is 32.3 Å². The van der Waals surface area contributed by atoms with Crippen LogP contribution in [0, 0.1) is 0 Å². The lowest BCUT2D eigenvalue weighted by molar-refractivity contribution is 0.234. The van der Waals surface area contributed by atoms with Crippen LogP contribution in [0.4, 0.5) is 0 Å². The molecule has 0 bridgehead atoms. The van der Waals surface area contributed by atoms with Crippen molar-refractivity contribution in [1.82, 2.24) is 10.2 Å². The summed E-state index contributed by atoms with van der Waals surface area (Å²) in [6, 6.07) is 0.638. The van der Waals surface area contributed by atoms with Gasteiger partial charge in [-0.05, 0) is 19.9 Å². The Hall–Kier alpha value is 0.0700. The smallest absolute Gasteiger partial charge is 0.0359 e. The number of hydrogen-bond acceptors (Lipinski definition) is 3. The van der Waals surface area contributed by atoms with E-state index < -0.39 is 10.8 Å². The Balaban J connectivity index is 2.31. The van der Waals surface area contributed by atoms with Gasteiger partial charge in [-0.25, -0.2) is 0 Å². The summed E-state index contributed by atoms with van der Waals surface area (Å²) in [6.07, 6.45) is 2.98. The van der Waals surface area contributed by atoms with Gasteiger partial charge < -0.3 is 5.32 Å². The van der Waals surface area contributed by atoms with E-state index >= 15 is 0 Å². The molecule has 2 atom stereocenters. The molecule has 2 unspecified atom stereocenters. The van der Waals surface area contributed by atoms with Crippen molar-refractivity contribution in [3.63, 3.8) is 0 Å². The molecule has 0 saturated carbocycles. The molecular formula is C9H20N2OS. The van der Waals surface area contributed by atoms with Gasteiger partial charge in [0, 0.05) is 48.5 Å². The minimum absolute atomic E-state index is 0.638. The van der Waals surface area contributed by atoms with E-state index in [0.29, 0.717) is 6.04 Å². The van der Waals surface area contributed by atoms with Crippen molar-refractivity contribution in [3.05, 3.63) is 0 Å². The monoisotopic (exact) mass is 204 g/mol. The van der Waals surface area contributed by atoms with E-state index in [9.17, 15) is 4.21 Å². The zero-order chi connectivity index (χ0) is 9.68. The van der Waals surface area contributed by atoms with Gasteiger partial charge in [0.15, 0.2) is 0 Å². The second kappa shape index (κ2) is 5.73. The zero-order valence-corrected chi connectivity index (χ0v) is 9.40. The van der Waals surface area contributed by atoms with E-state index in [-0.39, 0.29) is 0 Å². The van der Waals surface area contributed by atoms with E-state index in [2.05, 4.69) is 17.1 Å². The molecule has 0 amide bonds. The Labute approximate surface area is 83.3 Å². The second-order valence-corrected chi connectivity index (χ2v) is 5.26. The van der Waals surface area contributed by atoms with Gasteiger partial charge in [0.1, 0.15) is 0 Å². The van der Waals surface area contributed by atoms with Crippen LogP contribution in [0.2, 0.25) is 0 Å². The van der Waals surface area contributed by atoms with Gasteiger partial charge in [0.25, 0.3) is 0 Å². The quantitative estimate of drug-likeness (QED) is 0.705. The van der Waals surface area contributed by atoms with Crippen molar-refractivity contribution in [2.75, 3.05) is 38.2 Å². The molecule has 1 aliphatic rings. The van der Waals surface area contributed by atoms with Crippen LogP contribution >= 0.6 is 0 Å². The molecule has 1 rings (SSSR count). The maximum Gasteiger partial charge on any atom is 0.0359 e. The predicted octanol–water partition coefficient (Wildman–Crippen LogP) is 0.0487. The first-order valence-electron chi connectivity index (χ1n) is 4.95. The lowest BCUT2D eigenvalue weighted by atomic mass is 10.2. The summed E-state index contributed by atoms with van der Waals surface area (Å²) in [7, 11) is -0.650. The van der Waals surface area contributed by atoms with Gasteiger partial charge in [-0.15, -0.1) is 0 Å². The second-order valence-electron chi connectivity index (χ2n) is 3.70. The van der Waals surface area contributed by atoms with Gasteiger partial charge in [0.05, 0.1) is 0 Å². The van der Waals surface area contributed by atoms with Crippen LogP contribution < -0.4 is 5.32 Å². The van der Waals surface area contributed by atoms with Gasteiger partial charge >= 0.3 is 0 Å². The van der Waals surface area contributed by atoms with Gasteiger partial charge in [0.2, 0.25) is 0 Å². The Morgan fingerprint density at radius 3 is 3.00 bits per heavy atom. The number of nitrogens with zero attached hydrogens (tertiary/aromatic N) is 1. The molecule has 0 aromatic rings. The Kier molecular flexibility index (Phi) is 4.91. The highest BCUT2D eigenvalue weighted by molar-refractivity contribution is 7.84. The standard InChI is InChI=1S/C9H20N2OS/c1-9-3-4-10-5-6-11(9)7-8-13(2)12/h9-10H,3-8H2,1-2H3. The van der Waals surface area contributed by atoms with Crippen LogP contribution in [-0.2, 0) is 10.8 Å². The lowest BCUT2D eigenvalue weighted by Crippen LogP contribution is -2.37. The SMILES string of the molecule is CC1CCNCCN1CCS(C)=O. The molecule has 0 spiro atoms. The van der Waals surface area contributed by atoms with Crippen LogP contribution in [0.5, 0.6) is 0 Å². The average molecular weight is 204 g/mol. The van der Waals surface area contributed by atoms with Crippen molar-refractivity contribution >= 4 is 10.8 Å². The van der Waals surface area contributed by atoms with Gasteiger partial charge in [-0.3, -0.25) is 9.11 Å². The van der Waals surface area contributed by atoms with Crippen molar-refractivity contribution < 1.29 is 4.21 Å². The predicted molar refractivity (Wildman–Crippen MR) is 57.5 cm³/mol. The van der Waals surface area contributed by atoms with Crippen LogP contribution in [0.1, 0.15) is 13.3 Å². The van der Waals surface area contributed by atoms with E-state index in [4.69, 9.17) is 0 Å². The molecule has 1 saturated heterocycles. The number of hydrogen-bond donors (Lipinski definition) is 1. The summed E-state index contributed by atoms with van der Waals surface area (Å²) in [5.41, 5.74) is 0. The van der Waals surface area contributed by atoms with E-state index in [1.54, 1.807) is 6.26 Å². The minimum Gasteiger partial charge on any atom is -0.315 e. The molecular weight excluding hydrogens is 184 g/mol. The van der Waals surface area contributed by atoms with Crippen LogP contribution in [0.3, 0.4) is 0 Å². The number of rotatable bonds is 3. The maximum atomic E-state index is 10.9. The molecule has 0 aromatic carbocycles. The normalized spacial score (nSPS) is 28.3. The third-order valence-electron chi connectivity index (χ3n) is 2.60. The third kappa shape index (κ3) is 4.20. The first-order chi connectivity index (χ1) is 6.20. The fourth-order valence-electron chi connectivity index (χ4n) is 1.64. The third-order valence-corrected chi connectivity index (χ3v) is 3.36. The van der Waals surface area contributed by atoms with Crippen molar-refractivity contribution in [2.24, 2.45) is 0 Å². The fourth-order valence-corrected chi connectivity index (χ4v) is 2.13. The lowest BCUT2D eigenvalue weighted by Gasteiger charge is -2.25. The molecule has 1 heterocycles. The summed E-state index contributed by atoms with van der Waals surface area (Å²) in [4.78, 5) is 2.43. The first-order valence-corrected chi connectivity index (χ1v) is 6.67. The largest absolute Gasteiger partial charge is 0.315 e. The molecule has 3 nitrogen and oxygen atoms in total. The molecule has 1 N–H and O–H groups in total. The molecule has 1 fully saturated rings. The Morgan fingerprint density at radius 1 is 1.54 bits per heavy atom. The Morgan fingerprint density at radius 2 is 2.31 bits per heavy atom. The summed E-state index contributed by atoms with van der Waals surface area (Å²) in [5, 5.41) is 3.38. The highest BCUT2D eigenvalue weighted by Gasteiger charge is 2.15. The highest BCUT2D eigenvalue weighted by atomic mass is 32.2. The number of nitrogens with one attached hydrogen (secondary N) is 1. The average Bonchev–Trinajstić information content (AvgIpc) is 2.27. The minimum atomic E-state index is -0.650. The van der Waals surface area contributed by atoms with Gasteiger partial charge in [-0.2, -0.15) is 0 Å². The van der Waals surface area contributed by atoms with Crippen LogP contribution in [0.15, 0.2) is 0 Å². The van der Waals surface area contributed by atoms with Crippen molar-refractivity contribution in [1.29, 1.82) is 0 Å². The van der Waals surface area contributed by atoms with Crippen molar-refractivity contribution in [3.8, 4) is 0 Å². The summed E-state index contributed by atoms with van der Waals surface area (Å²) in [5.74, 6) is 0.810. The summed E-state index contributed by atoms with van der Waals surface area (Å²) >= 11 is 0. The molecule has 4 heteroatoms. The van der Waals surface area contributed by atoms with Gasteiger partial charge in [-0.1, -0.05) is 0 Å². The molecule has 13 heavy (non-hydrogen) atoms. The highest BCUT2D eigenvalue weighted by Crippen LogP contribution is 2.05.